The smallest absolute Gasteiger partial charge is 0.870 e. The predicted molar refractivity (Wildman–Crippen MR) is 144 cm³/mol. The number of halogens is 2. The molecule has 4 rings (SSSR count). The first-order valence-corrected chi connectivity index (χ1v) is 13.4. The predicted octanol–water partition coefficient (Wildman–Crippen LogP) is 3.85. The molecule has 4 aromatic rings. The standard InChI is InChI=1S/C26H21Cl2N3O6S.Na/c1-3-37-21-10-6-9-18(27)23(21)29-26(33)17-13-15-7-4-5-8-16(15)22(24(17)32)31-30-20-12-11-19(28)25(14(20)2)38(34,35)36;/h4-13,32H,3H2,1-2H3,(H,29,33)(H,34,35,36);/q;+1/p-1. The van der Waals surface area contributed by atoms with Crippen molar-refractivity contribution in [2.75, 3.05) is 11.9 Å². The second-order valence-electron chi connectivity index (χ2n) is 8.02. The van der Waals surface area contributed by atoms with Gasteiger partial charge in [-0.25, -0.2) is 0 Å². The molecular weight excluding hydrogens is 576 g/mol. The number of hydrogen-bond donors (Lipinski definition) is 2. The van der Waals surface area contributed by atoms with Gasteiger partial charge in [-0.2, -0.15) is 18.6 Å². The summed E-state index contributed by atoms with van der Waals surface area (Å²) in [6.07, 6.45) is 0. The van der Waals surface area contributed by atoms with E-state index in [0.717, 1.165) is 0 Å². The van der Waals surface area contributed by atoms with E-state index < -0.39 is 26.7 Å². The molecule has 0 aliphatic carbocycles. The fourth-order valence-electron chi connectivity index (χ4n) is 3.84. The van der Waals surface area contributed by atoms with Gasteiger partial charge in [0.15, 0.2) is 0 Å². The van der Waals surface area contributed by atoms with E-state index in [1.54, 1.807) is 49.4 Å². The normalized spacial score (nSPS) is 11.4. The Morgan fingerprint density at radius 3 is 2.46 bits per heavy atom. The van der Waals surface area contributed by atoms with Crippen LogP contribution in [0.2, 0.25) is 10.0 Å². The molecule has 0 radical (unpaired) electrons. The molecule has 0 spiro atoms. The molecule has 0 aromatic heterocycles. The van der Waals surface area contributed by atoms with E-state index in [1.807, 2.05) is 0 Å². The van der Waals surface area contributed by atoms with E-state index in [0.29, 0.717) is 23.1 Å². The summed E-state index contributed by atoms with van der Waals surface area (Å²) in [5, 5.41) is 25.3. The summed E-state index contributed by atoms with van der Waals surface area (Å²) >= 11 is 12.2. The van der Waals surface area contributed by atoms with Crippen molar-refractivity contribution in [3.8, 4) is 11.5 Å². The van der Waals surface area contributed by atoms with E-state index in [2.05, 4.69) is 15.5 Å². The molecule has 9 nitrogen and oxygen atoms in total. The Balaban J connectivity index is 0.00000420. The Bertz CT molecular complexity index is 1710. The molecule has 196 valence electrons. The van der Waals surface area contributed by atoms with Crippen LogP contribution in [0.3, 0.4) is 0 Å². The van der Waals surface area contributed by atoms with Crippen LogP contribution in [0.25, 0.3) is 10.8 Å². The molecule has 2 N–H and O–H groups in total. The summed E-state index contributed by atoms with van der Waals surface area (Å²) in [7, 11) is -4.64. The van der Waals surface area contributed by atoms with Crippen molar-refractivity contribution in [2.45, 2.75) is 18.7 Å². The van der Waals surface area contributed by atoms with Crippen molar-refractivity contribution in [2.24, 2.45) is 10.2 Å². The molecule has 0 saturated carbocycles. The van der Waals surface area contributed by atoms with Gasteiger partial charge < -0.3 is 15.2 Å². The minimum Gasteiger partial charge on any atom is -0.870 e. The van der Waals surface area contributed by atoms with Crippen LogP contribution in [0.1, 0.15) is 22.8 Å². The van der Waals surface area contributed by atoms with Crippen molar-refractivity contribution < 1.29 is 57.2 Å². The van der Waals surface area contributed by atoms with Gasteiger partial charge >= 0.3 is 29.6 Å². The summed E-state index contributed by atoms with van der Waals surface area (Å²) in [4.78, 5) is 12.7. The van der Waals surface area contributed by atoms with Crippen LogP contribution in [-0.2, 0) is 10.1 Å². The maximum atomic E-state index is 13.5. The molecule has 13 heteroatoms. The first-order chi connectivity index (χ1) is 18.0. The van der Waals surface area contributed by atoms with Crippen LogP contribution in [0.4, 0.5) is 17.1 Å². The van der Waals surface area contributed by atoms with Gasteiger partial charge in [-0.1, -0.05) is 59.3 Å². The number of fused-ring (bicyclic) bond motifs is 1. The van der Waals surface area contributed by atoms with E-state index in [1.165, 1.54) is 25.1 Å². The molecule has 0 aliphatic rings. The van der Waals surface area contributed by atoms with E-state index in [9.17, 15) is 22.9 Å². The number of amides is 1. The molecule has 1 amide bonds. The number of rotatable bonds is 7. The van der Waals surface area contributed by atoms with Crippen LogP contribution in [0.5, 0.6) is 11.5 Å². The molecular formula is C26H20Cl2N3NaO6S. The van der Waals surface area contributed by atoms with Gasteiger partial charge in [0.05, 0.1) is 28.0 Å². The Kier molecular flexibility index (Phi) is 10.0. The molecule has 0 unspecified atom stereocenters. The van der Waals surface area contributed by atoms with Crippen LogP contribution in [0.15, 0.2) is 75.8 Å². The summed E-state index contributed by atoms with van der Waals surface area (Å²) in [6, 6.07) is 15.7. The number of ether oxygens (including phenoxy) is 1. The Morgan fingerprint density at radius 1 is 1.05 bits per heavy atom. The summed E-state index contributed by atoms with van der Waals surface area (Å²) < 4.78 is 38.6. The van der Waals surface area contributed by atoms with E-state index in [-0.39, 0.29) is 67.8 Å². The van der Waals surface area contributed by atoms with Crippen molar-refractivity contribution in [1.29, 1.82) is 0 Å². The Morgan fingerprint density at radius 2 is 1.77 bits per heavy atom. The molecule has 0 aliphatic heterocycles. The van der Waals surface area contributed by atoms with E-state index in [4.69, 9.17) is 27.9 Å². The molecule has 0 fully saturated rings. The summed E-state index contributed by atoms with van der Waals surface area (Å²) in [6.45, 7) is 3.51. The molecule has 0 bridgehead atoms. The number of carbonyl (C=O) groups excluding carboxylic acids is 1. The third kappa shape index (κ3) is 6.55. The molecule has 0 saturated heterocycles. The van der Waals surface area contributed by atoms with Gasteiger partial charge in [-0.3, -0.25) is 9.35 Å². The Labute approximate surface area is 256 Å². The number of nitrogens with zero attached hydrogens (tertiary/aromatic N) is 2. The molecule has 4 aromatic carbocycles. The maximum Gasteiger partial charge on any atom is 1.00 e. The van der Waals surface area contributed by atoms with Crippen LogP contribution in [-0.4, -0.2) is 25.5 Å². The second-order valence-corrected chi connectivity index (χ2v) is 10.2. The second kappa shape index (κ2) is 12.6. The average molecular weight is 596 g/mol. The van der Waals surface area contributed by atoms with Gasteiger partial charge in [-0.05, 0) is 55.1 Å². The van der Waals surface area contributed by atoms with Crippen LogP contribution >= 0.6 is 23.2 Å². The number of benzene rings is 4. The van der Waals surface area contributed by atoms with Gasteiger partial charge in [0.25, 0.3) is 16.0 Å². The number of carbonyl (C=O) groups is 1. The zero-order chi connectivity index (χ0) is 27.6. The van der Waals surface area contributed by atoms with Crippen molar-refractivity contribution in [1.82, 2.24) is 0 Å². The number of para-hydroxylation sites is 1. The van der Waals surface area contributed by atoms with E-state index >= 15 is 0 Å². The summed E-state index contributed by atoms with van der Waals surface area (Å²) in [5.74, 6) is -1.10. The van der Waals surface area contributed by atoms with Gasteiger partial charge in [0, 0.05) is 10.9 Å². The van der Waals surface area contributed by atoms with Crippen LogP contribution < -0.4 is 44.7 Å². The zero-order valence-corrected chi connectivity index (χ0v) is 25.4. The summed E-state index contributed by atoms with van der Waals surface area (Å²) in [5.41, 5.74) is -0.0488. The topological polar surface area (TPSA) is 140 Å². The quantitative estimate of drug-likeness (QED) is 0.189. The fourth-order valence-corrected chi connectivity index (χ4v) is 5.35. The van der Waals surface area contributed by atoms with Gasteiger partial charge in [0.2, 0.25) is 0 Å². The van der Waals surface area contributed by atoms with Crippen LogP contribution in [0, 0.1) is 6.92 Å². The number of anilines is 1. The van der Waals surface area contributed by atoms with Crippen molar-refractivity contribution in [3.63, 3.8) is 0 Å². The van der Waals surface area contributed by atoms with Crippen molar-refractivity contribution in [3.05, 3.63) is 81.8 Å². The SMILES string of the molecule is CCOc1cccc(Cl)c1NC(=O)c1cc2ccccc2c(N=Nc2ccc(Cl)c(S(=O)(=O)O)c2C)c1[O-].[Na+]. The Hall–Kier alpha value is -2.70. The molecule has 39 heavy (non-hydrogen) atoms. The number of hydrogen-bond acceptors (Lipinski definition) is 7. The number of azo groups is 1. The average Bonchev–Trinajstić information content (AvgIpc) is 2.85. The van der Waals surface area contributed by atoms with Gasteiger partial charge in [-0.15, -0.1) is 0 Å². The minimum atomic E-state index is -4.64. The number of nitrogens with one attached hydrogen (secondary N) is 1. The zero-order valence-electron chi connectivity index (χ0n) is 21.0. The minimum absolute atomic E-state index is 0. The third-order valence-corrected chi connectivity index (χ3v) is 7.36. The first-order valence-electron chi connectivity index (χ1n) is 11.2. The van der Waals surface area contributed by atoms with Crippen molar-refractivity contribution >= 4 is 67.1 Å². The molecule has 0 atom stereocenters. The largest absolute Gasteiger partial charge is 1.00 e. The maximum absolute atomic E-state index is 13.5. The fraction of sp³-hybridized carbons (Fsp3) is 0.115. The first kappa shape index (κ1) is 30.8. The van der Waals surface area contributed by atoms with Gasteiger partial charge in [0.1, 0.15) is 16.3 Å². The monoisotopic (exact) mass is 595 g/mol. The molecule has 0 heterocycles. The third-order valence-electron chi connectivity index (χ3n) is 5.58.